The normalized spacial score (nSPS) is 16.9. The number of hydrogen-bond acceptors (Lipinski definition) is 4. The van der Waals surface area contributed by atoms with Crippen molar-refractivity contribution in [2.24, 2.45) is 5.41 Å². The molecule has 1 saturated heterocycles. The molecular weight excluding hydrogens is 324 g/mol. The molecule has 2 amide bonds. The third kappa shape index (κ3) is 3.88. The van der Waals surface area contributed by atoms with Crippen molar-refractivity contribution in [2.75, 3.05) is 33.4 Å². The van der Waals surface area contributed by atoms with Crippen molar-refractivity contribution in [3.8, 4) is 0 Å². The lowest BCUT2D eigenvalue weighted by molar-refractivity contribution is -0.0261. The van der Waals surface area contributed by atoms with Crippen LogP contribution >= 0.6 is 11.3 Å². The molecule has 0 bridgehead atoms. The Morgan fingerprint density at radius 2 is 2.17 bits per heavy atom. The molecule has 2 aromatic rings. The molecule has 24 heavy (non-hydrogen) atoms. The van der Waals surface area contributed by atoms with Gasteiger partial charge in [0.25, 0.3) is 0 Å². The van der Waals surface area contributed by atoms with E-state index in [-0.39, 0.29) is 18.1 Å². The van der Waals surface area contributed by atoms with Crippen LogP contribution in [-0.4, -0.2) is 49.5 Å². The number of urea groups is 1. The van der Waals surface area contributed by atoms with E-state index in [1.807, 2.05) is 6.07 Å². The maximum Gasteiger partial charge on any atom is 0.317 e. The molecular formula is C18H24N2O3S. The smallest absolute Gasteiger partial charge is 0.317 e. The van der Waals surface area contributed by atoms with E-state index in [4.69, 9.17) is 4.74 Å². The summed E-state index contributed by atoms with van der Waals surface area (Å²) < 4.78 is 6.63. The first kappa shape index (κ1) is 17.2. The van der Waals surface area contributed by atoms with E-state index >= 15 is 0 Å². The highest BCUT2D eigenvalue weighted by atomic mass is 32.1. The second-order valence-corrected chi connectivity index (χ2v) is 7.53. The first-order valence-electron chi connectivity index (χ1n) is 8.26. The van der Waals surface area contributed by atoms with Crippen LogP contribution in [0.2, 0.25) is 0 Å². The molecule has 1 fully saturated rings. The van der Waals surface area contributed by atoms with Crippen molar-refractivity contribution in [2.45, 2.75) is 19.4 Å². The number of ether oxygens (including phenoxy) is 1. The fourth-order valence-electron chi connectivity index (χ4n) is 3.18. The molecule has 3 rings (SSSR count). The molecule has 0 spiro atoms. The summed E-state index contributed by atoms with van der Waals surface area (Å²) in [6.07, 6.45) is 1.58. The van der Waals surface area contributed by atoms with Gasteiger partial charge in [0.15, 0.2) is 0 Å². The number of rotatable bonds is 5. The number of carbonyl (C=O) groups excluding carboxylic acids is 1. The number of amides is 2. The van der Waals surface area contributed by atoms with Gasteiger partial charge in [0.2, 0.25) is 0 Å². The number of hydrogen-bond donors (Lipinski definition) is 2. The van der Waals surface area contributed by atoms with Gasteiger partial charge in [-0.15, -0.1) is 11.3 Å². The number of benzene rings is 1. The molecule has 1 aromatic carbocycles. The summed E-state index contributed by atoms with van der Waals surface area (Å²) >= 11 is 1.72. The van der Waals surface area contributed by atoms with Crippen molar-refractivity contribution in [1.82, 2.24) is 10.2 Å². The lowest BCUT2D eigenvalue weighted by Gasteiger charge is -2.38. The molecule has 2 N–H and O–H groups in total. The minimum atomic E-state index is -0.236. The number of fused-ring (bicyclic) bond motifs is 1. The molecule has 2 heterocycles. The van der Waals surface area contributed by atoms with E-state index < -0.39 is 0 Å². The van der Waals surface area contributed by atoms with Crippen LogP contribution in [0.25, 0.3) is 10.1 Å². The first-order valence-corrected chi connectivity index (χ1v) is 9.14. The Balaban J connectivity index is 1.55. The van der Waals surface area contributed by atoms with Crippen molar-refractivity contribution in [1.29, 1.82) is 0 Å². The zero-order valence-corrected chi connectivity index (χ0v) is 14.8. The lowest BCUT2D eigenvalue weighted by Crippen LogP contribution is -2.47. The highest BCUT2D eigenvalue weighted by Crippen LogP contribution is 2.30. The fourth-order valence-corrected chi connectivity index (χ4v) is 3.96. The molecule has 0 atom stereocenters. The number of nitrogens with zero attached hydrogens (tertiary/aromatic N) is 1. The Morgan fingerprint density at radius 3 is 2.92 bits per heavy atom. The van der Waals surface area contributed by atoms with Crippen molar-refractivity contribution < 1.29 is 14.6 Å². The summed E-state index contributed by atoms with van der Waals surface area (Å²) in [5.41, 5.74) is 0.852. The van der Waals surface area contributed by atoms with Crippen LogP contribution in [0, 0.1) is 5.41 Å². The SMILES string of the molecule is CN(CC1(CO)CCOCC1)C(=O)NCc1ccc2sccc2c1. The summed E-state index contributed by atoms with van der Waals surface area (Å²) in [5.74, 6) is 0. The molecule has 5 nitrogen and oxygen atoms in total. The van der Waals surface area contributed by atoms with Gasteiger partial charge in [-0.2, -0.15) is 0 Å². The van der Waals surface area contributed by atoms with Crippen molar-refractivity contribution in [3.63, 3.8) is 0 Å². The second-order valence-electron chi connectivity index (χ2n) is 6.58. The van der Waals surface area contributed by atoms with E-state index in [0.29, 0.717) is 26.3 Å². The molecule has 6 heteroatoms. The van der Waals surface area contributed by atoms with E-state index in [1.54, 1.807) is 23.3 Å². The predicted molar refractivity (Wildman–Crippen MR) is 96.3 cm³/mol. The summed E-state index contributed by atoms with van der Waals surface area (Å²) in [4.78, 5) is 14.0. The number of thiophene rings is 1. The number of nitrogens with one attached hydrogen (secondary N) is 1. The third-order valence-corrected chi connectivity index (χ3v) is 5.67. The van der Waals surface area contributed by atoms with Crippen LogP contribution in [0.3, 0.4) is 0 Å². The predicted octanol–water partition coefficient (Wildman–Crippen LogP) is 2.83. The molecule has 1 aromatic heterocycles. The van der Waals surface area contributed by atoms with Gasteiger partial charge in [-0.05, 0) is 47.4 Å². The Morgan fingerprint density at radius 1 is 1.38 bits per heavy atom. The monoisotopic (exact) mass is 348 g/mol. The maximum atomic E-state index is 12.4. The van der Waals surface area contributed by atoms with Gasteiger partial charge in [0.05, 0.1) is 6.61 Å². The Bertz CT molecular complexity index is 694. The molecule has 1 aliphatic heterocycles. The Kier molecular flexibility index (Phi) is 5.38. The molecule has 0 unspecified atom stereocenters. The standard InChI is InChI=1S/C18H24N2O3S/c1-20(12-18(13-21)5-7-23-8-6-18)17(22)19-11-14-2-3-16-15(10-14)4-9-24-16/h2-4,9-10,21H,5-8,11-13H2,1H3,(H,19,22). The molecule has 1 aliphatic rings. The summed E-state index contributed by atoms with van der Waals surface area (Å²) in [6, 6.07) is 8.23. The minimum Gasteiger partial charge on any atom is -0.396 e. The Labute approximate surface area is 146 Å². The van der Waals surface area contributed by atoms with Crippen LogP contribution in [0.5, 0.6) is 0 Å². The summed E-state index contributed by atoms with van der Waals surface area (Å²) in [5, 5.41) is 16.0. The average molecular weight is 348 g/mol. The van der Waals surface area contributed by atoms with Crippen LogP contribution < -0.4 is 5.32 Å². The van der Waals surface area contributed by atoms with Crippen LogP contribution in [-0.2, 0) is 11.3 Å². The quantitative estimate of drug-likeness (QED) is 0.873. The molecule has 130 valence electrons. The van der Waals surface area contributed by atoms with Gasteiger partial charge in [0.1, 0.15) is 0 Å². The van der Waals surface area contributed by atoms with Crippen LogP contribution in [0.4, 0.5) is 4.79 Å². The highest BCUT2D eigenvalue weighted by molar-refractivity contribution is 7.17. The lowest BCUT2D eigenvalue weighted by atomic mass is 9.80. The maximum absolute atomic E-state index is 12.4. The number of aliphatic hydroxyl groups excluding tert-OH is 1. The Hall–Kier alpha value is -1.63. The zero-order valence-electron chi connectivity index (χ0n) is 14.0. The molecule has 0 radical (unpaired) electrons. The van der Waals surface area contributed by atoms with Crippen molar-refractivity contribution in [3.05, 3.63) is 35.2 Å². The second kappa shape index (κ2) is 7.51. The fraction of sp³-hybridized carbons (Fsp3) is 0.500. The minimum absolute atomic E-state index is 0.0861. The van der Waals surface area contributed by atoms with Gasteiger partial charge in [0, 0.05) is 43.5 Å². The van der Waals surface area contributed by atoms with Crippen LogP contribution in [0.15, 0.2) is 29.6 Å². The summed E-state index contributed by atoms with van der Waals surface area (Å²) in [6.45, 7) is 2.43. The van der Waals surface area contributed by atoms with Crippen LogP contribution in [0.1, 0.15) is 18.4 Å². The summed E-state index contributed by atoms with van der Waals surface area (Å²) in [7, 11) is 1.78. The van der Waals surface area contributed by atoms with Gasteiger partial charge < -0.3 is 20.1 Å². The zero-order chi connectivity index (χ0) is 17.0. The molecule has 0 aliphatic carbocycles. The third-order valence-electron chi connectivity index (χ3n) is 4.77. The number of carbonyl (C=O) groups is 1. The largest absolute Gasteiger partial charge is 0.396 e. The van der Waals surface area contributed by atoms with E-state index in [2.05, 4.69) is 28.9 Å². The van der Waals surface area contributed by atoms with Gasteiger partial charge in [-0.3, -0.25) is 0 Å². The van der Waals surface area contributed by atoms with Gasteiger partial charge >= 0.3 is 6.03 Å². The number of aliphatic hydroxyl groups is 1. The topological polar surface area (TPSA) is 61.8 Å². The highest BCUT2D eigenvalue weighted by Gasteiger charge is 2.34. The molecule has 0 saturated carbocycles. The average Bonchev–Trinajstić information content (AvgIpc) is 3.08. The van der Waals surface area contributed by atoms with Gasteiger partial charge in [-0.25, -0.2) is 4.79 Å². The van der Waals surface area contributed by atoms with E-state index in [0.717, 1.165) is 18.4 Å². The van der Waals surface area contributed by atoms with Gasteiger partial charge in [-0.1, -0.05) is 6.07 Å². The first-order chi connectivity index (χ1) is 11.6. The van der Waals surface area contributed by atoms with Crippen molar-refractivity contribution >= 4 is 27.5 Å². The van der Waals surface area contributed by atoms with E-state index in [9.17, 15) is 9.90 Å². The van der Waals surface area contributed by atoms with E-state index in [1.165, 1.54) is 10.1 Å².